The summed E-state index contributed by atoms with van der Waals surface area (Å²) in [5.41, 5.74) is 6.28. The molecule has 0 N–H and O–H groups in total. The first-order chi connectivity index (χ1) is 9.69. The maximum absolute atomic E-state index is 2.47. The van der Waals surface area contributed by atoms with E-state index in [0.717, 1.165) is 6.42 Å². The molecule has 0 aromatic heterocycles. The van der Waals surface area contributed by atoms with E-state index in [0.29, 0.717) is 0 Å². The number of hydrogen-bond acceptors (Lipinski definition) is 0. The summed E-state index contributed by atoms with van der Waals surface area (Å²) in [7, 11) is -2.62. The van der Waals surface area contributed by atoms with Crippen molar-refractivity contribution in [2.45, 2.75) is 45.7 Å². The first-order valence-corrected chi connectivity index (χ1v) is 14.9. The highest BCUT2D eigenvalue weighted by molar-refractivity contribution is 6.91. The lowest BCUT2D eigenvalue weighted by Gasteiger charge is -2.26. The Balaban J connectivity index is 2.35. The normalized spacial score (nSPS) is 14.0. The Morgan fingerprint density at radius 1 is 0.714 bits per heavy atom. The van der Waals surface area contributed by atoms with Gasteiger partial charge in [-0.1, -0.05) is 86.1 Å². The van der Waals surface area contributed by atoms with E-state index < -0.39 is 16.1 Å². The lowest BCUT2D eigenvalue weighted by atomic mass is 10.1. The maximum Gasteiger partial charge on any atom is 0.0784 e. The minimum absolute atomic E-state index is 1.14. The fraction of sp³-hybridized carbons (Fsp3) is 0.368. The number of fused-ring (bicyclic) bond motifs is 3. The van der Waals surface area contributed by atoms with Crippen LogP contribution >= 0.6 is 0 Å². The Bertz CT molecular complexity index is 700. The molecule has 1 aliphatic carbocycles. The summed E-state index contributed by atoms with van der Waals surface area (Å²) in [6, 6.07) is 14.0. The third-order valence-corrected chi connectivity index (χ3v) is 8.70. The molecule has 110 valence electrons. The number of rotatable bonds is 2. The lowest BCUT2D eigenvalue weighted by molar-refractivity contribution is 1.27. The second-order valence-corrected chi connectivity index (χ2v) is 18.4. The molecule has 0 heterocycles. The molecule has 2 aromatic carbocycles. The van der Waals surface area contributed by atoms with Crippen LogP contribution in [0.4, 0.5) is 0 Å². The highest BCUT2D eigenvalue weighted by atomic mass is 28.3. The van der Waals surface area contributed by atoms with Crippen molar-refractivity contribution in [3.63, 3.8) is 0 Å². The van der Waals surface area contributed by atoms with Crippen LogP contribution in [0.3, 0.4) is 0 Å². The van der Waals surface area contributed by atoms with Crippen molar-refractivity contribution < 1.29 is 0 Å². The van der Waals surface area contributed by atoms with E-state index >= 15 is 0 Å². The summed E-state index contributed by atoms with van der Waals surface area (Å²) in [6.07, 6.45) is 1.14. The Morgan fingerprint density at radius 2 is 1.29 bits per heavy atom. The van der Waals surface area contributed by atoms with Crippen molar-refractivity contribution in [1.82, 2.24) is 0 Å². The SMILES string of the molecule is C[Si](C)(C)c1ccc([Si](C)(C)C)c2c1Cc1ccccc1-2. The summed E-state index contributed by atoms with van der Waals surface area (Å²) in [5.74, 6) is 0. The number of hydrogen-bond donors (Lipinski definition) is 0. The van der Waals surface area contributed by atoms with Gasteiger partial charge in [0.1, 0.15) is 0 Å². The molecule has 0 spiro atoms. The largest absolute Gasteiger partial charge is 0.0784 e. The molecular weight excluding hydrogens is 284 g/mol. The quantitative estimate of drug-likeness (QED) is 0.617. The van der Waals surface area contributed by atoms with Crippen molar-refractivity contribution in [1.29, 1.82) is 0 Å². The molecule has 0 bridgehead atoms. The zero-order valence-corrected chi connectivity index (χ0v) is 16.2. The Kier molecular flexibility index (Phi) is 3.30. The molecule has 0 amide bonds. The fourth-order valence-electron chi connectivity index (χ4n) is 3.58. The lowest BCUT2D eigenvalue weighted by Crippen LogP contribution is -2.45. The van der Waals surface area contributed by atoms with Gasteiger partial charge in [-0.05, 0) is 28.7 Å². The zero-order valence-electron chi connectivity index (χ0n) is 14.2. The minimum Gasteiger partial charge on any atom is -0.0656 e. The Morgan fingerprint density at radius 3 is 1.90 bits per heavy atom. The van der Waals surface area contributed by atoms with Gasteiger partial charge in [0.2, 0.25) is 0 Å². The average Bonchev–Trinajstić information content (AvgIpc) is 2.74. The topological polar surface area (TPSA) is 0 Å². The van der Waals surface area contributed by atoms with Crippen molar-refractivity contribution in [2.24, 2.45) is 0 Å². The zero-order chi connectivity index (χ0) is 15.4. The summed E-state index contributed by atoms with van der Waals surface area (Å²) in [4.78, 5) is 0. The molecule has 2 aromatic rings. The Labute approximate surface area is 131 Å². The predicted octanol–water partition coefficient (Wildman–Crippen LogP) is 4.35. The molecule has 0 saturated carbocycles. The van der Waals surface area contributed by atoms with Crippen molar-refractivity contribution in [2.75, 3.05) is 0 Å². The molecule has 1 aliphatic rings. The fourth-order valence-corrected chi connectivity index (χ4v) is 6.90. The summed E-state index contributed by atoms with van der Waals surface area (Å²) in [6.45, 7) is 14.8. The van der Waals surface area contributed by atoms with E-state index in [4.69, 9.17) is 0 Å². The molecule has 0 aliphatic heterocycles. The van der Waals surface area contributed by atoms with Gasteiger partial charge in [0.05, 0.1) is 16.1 Å². The third kappa shape index (κ3) is 2.45. The van der Waals surface area contributed by atoms with Gasteiger partial charge in [-0.2, -0.15) is 0 Å². The minimum atomic E-state index is -1.33. The predicted molar refractivity (Wildman–Crippen MR) is 101 cm³/mol. The van der Waals surface area contributed by atoms with Crippen LogP contribution in [0.5, 0.6) is 0 Å². The van der Waals surface area contributed by atoms with Crippen LogP contribution in [0, 0.1) is 0 Å². The van der Waals surface area contributed by atoms with Crippen LogP contribution in [-0.4, -0.2) is 16.1 Å². The summed E-state index contributed by atoms with van der Waals surface area (Å²) in [5, 5.41) is 3.31. The van der Waals surface area contributed by atoms with E-state index in [1.165, 1.54) is 11.1 Å². The summed E-state index contributed by atoms with van der Waals surface area (Å²) >= 11 is 0. The van der Waals surface area contributed by atoms with Crippen LogP contribution < -0.4 is 10.4 Å². The standard InChI is InChI=1S/C19H26Si2/c1-20(2,3)17-11-12-18(21(4,5)6)19-15-10-8-7-9-14(15)13-16(17)19/h7-12H,13H2,1-6H3. The van der Waals surface area contributed by atoms with Crippen LogP contribution in [0.1, 0.15) is 11.1 Å². The molecule has 21 heavy (non-hydrogen) atoms. The van der Waals surface area contributed by atoms with E-state index in [9.17, 15) is 0 Å². The van der Waals surface area contributed by atoms with Crippen molar-refractivity contribution in [3.8, 4) is 11.1 Å². The highest BCUT2D eigenvalue weighted by Crippen LogP contribution is 2.36. The monoisotopic (exact) mass is 310 g/mol. The molecule has 0 fully saturated rings. The van der Waals surface area contributed by atoms with Gasteiger partial charge in [-0.25, -0.2) is 0 Å². The van der Waals surface area contributed by atoms with E-state index in [1.807, 2.05) is 0 Å². The van der Waals surface area contributed by atoms with Gasteiger partial charge in [-0.15, -0.1) is 0 Å². The molecule has 0 radical (unpaired) electrons. The maximum atomic E-state index is 2.47. The Hall–Kier alpha value is -1.13. The van der Waals surface area contributed by atoms with Crippen LogP contribution in [0.15, 0.2) is 36.4 Å². The van der Waals surface area contributed by atoms with Gasteiger partial charge in [0.25, 0.3) is 0 Å². The second kappa shape index (κ2) is 4.69. The first kappa shape index (κ1) is 14.8. The highest BCUT2D eigenvalue weighted by Gasteiger charge is 2.32. The van der Waals surface area contributed by atoms with Gasteiger partial charge >= 0.3 is 0 Å². The van der Waals surface area contributed by atoms with E-state index in [-0.39, 0.29) is 0 Å². The molecule has 0 nitrogen and oxygen atoms in total. The van der Waals surface area contributed by atoms with Crippen LogP contribution in [-0.2, 0) is 6.42 Å². The molecule has 0 unspecified atom stereocenters. The van der Waals surface area contributed by atoms with E-state index in [2.05, 4.69) is 75.7 Å². The molecular formula is C19H26Si2. The molecule has 0 saturated heterocycles. The second-order valence-electron chi connectivity index (χ2n) is 8.35. The summed E-state index contributed by atoms with van der Waals surface area (Å²) < 4.78 is 0. The van der Waals surface area contributed by atoms with Crippen LogP contribution in [0.25, 0.3) is 11.1 Å². The van der Waals surface area contributed by atoms with Gasteiger partial charge in [0, 0.05) is 0 Å². The van der Waals surface area contributed by atoms with Crippen LogP contribution in [0.2, 0.25) is 39.3 Å². The molecule has 3 rings (SSSR count). The molecule has 2 heteroatoms. The smallest absolute Gasteiger partial charge is 0.0656 e. The van der Waals surface area contributed by atoms with Crippen molar-refractivity contribution in [3.05, 3.63) is 47.5 Å². The van der Waals surface area contributed by atoms with Gasteiger partial charge in [-0.3, -0.25) is 0 Å². The molecule has 0 atom stereocenters. The van der Waals surface area contributed by atoms with Gasteiger partial charge in [0.15, 0.2) is 0 Å². The average molecular weight is 311 g/mol. The van der Waals surface area contributed by atoms with E-state index in [1.54, 1.807) is 21.5 Å². The van der Waals surface area contributed by atoms with Gasteiger partial charge < -0.3 is 0 Å². The third-order valence-electron chi connectivity index (χ3n) is 4.58. The van der Waals surface area contributed by atoms with Crippen molar-refractivity contribution >= 4 is 26.5 Å². The number of benzene rings is 2. The first-order valence-electron chi connectivity index (χ1n) is 7.95.